The zero-order valence-corrected chi connectivity index (χ0v) is 9.66. The summed E-state index contributed by atoms with van der Waals surface area (Å²) in [5, 5.41) is 2.84. The van der Waals surface area contributed by atoms with Crippen molar-refractivity contribution in [3.8, 4) is 5.75 Å². The number of carbonyl (C=O) groups is 1. The molecule has 1 heterocycles. The lowest BCUT2D eigenvalue weighted by Crippen LogP contribution is -2.09. The number of carbonyl (C=O) groups excluding carboxylic acids is 1. The molecule has 0 radical (unpaired) electrons. The number of nitrogen functional groups attached to an aromatic ring is 1. The van der Waals surface area contributed by atoms with Crippen LogP contribution in [0.2, 0.25) is 0 Å². The first kappa shape index (κ1) is 12.7. The molecule has 0 spiro atoms. The van der Waals surface area contributed by atoms with E-state index in [9.17, 15) is 13.6 Å². The molecule has 3 N–H and O–H groups in total. The van der Waals surface area contributed by atoms with Crippen molar-refractivity contribution in [2.24, 2.45) is 0 Å². The molecule has 0 fully saturated rings. The fourth-order valence-electron chi connectivity index (χ4n) is 1.18. The standard InChI is InChI=1S/C9H12F2N2O2S/c1-4(14)8-6(12)7(15-2)9(16-8)13-3-5(10)11/h5,13H,3,12H2,1-2H3. The van der Waals surface area contributed by atoms with Crippen LogP contribution < -0.4 is 15.8 Å². The van der Waals surface area contributed by atoms with E-state index in [2.05, 4.69) is 5.32 Å². The van der Waals surface area contributed by atoms with Crippen LogP contribution in [0.5, 0.6) is 5.75 Å². The Morgan fingerprint density at radius 2 is 2.25 bits per heavy atom. The molecule has 4 nitrogen and oxygen atoms in total. The number of methoxy groups -OCH3 is 1. The molecule has 0 saturated heterocycles. The molecule has 0 atom stereocenters. The van der Waals surface area contributed by atoms with Gasteiger partial charge in [-0.1, -0.05) is 0 Å². The van der Waals surface area contributed by atoms with Crippen molar-refractivity contribution in [2.75, 3.05) is 24.7 Å². The summed E-state index contributed by atoms with van der Waals surface area (Å²) in [5.41, 5.74) is 5.85. The number of rotatable bonds is 5. The van der Waals surface area contributed by atoms with Crippen LogP contribution >= 0.6 is 11.3 Å². The van der Waals surface area contributed by atoms with Crippen LogP contribution in [0, 0.1) is 0 Å². The second-order valence-corrected chi connectivity index (χ2v) is 4.06. The summed E-state index contributed by atoms with van der Waals surface area (Å²) in [7, 11) is 1.37. The van der Waals surface area contributed by atoms with Gasteiger partial charge in [-0.25, -0.2) is 8.78 Å². The van der Waals surface area contributed by atoms with E-state index in [4.69, 9.17) is 10.5 Å². The number of Topliss-reactive ketones (excluding diaryl/α,β-unsaturated/α-hetero) is 1. The molecule has 1 aromatic heterocycles. The second kappa shape index (κ2) is 5.11. The quantitative estimate of drug-likeness (QED) is 0.786. The van der Waals surface area contributed by atoms with Gasteiger partial charge in [-0.3, -0.25) is 4.79 Å². The minimum absolute atomic E-state index is 0.191. The molecule has 0 aliphatic rings. The summed E-state index contributed by atoms with van der Waals surface area (Å²) in [5.74, 6) is 0.0294. The van der Waals surface area contributed by atoms with Crippen LogP contribution in [0.25, 0.3) is 0 Å². The second-order valence-electron chi connectivity index (χ2n) is 3.04. The van der Waals surface area contributed by atoms with Crippen molar-refractivity contribution in [1.82, 2.24) is 0 Å². The Morgan fingerprint density at radius 1 is 1.62 bits per heavy atom. The molecule has 1 rings (SSSR count). The predicted molar refractivity (Wildman–Crippen MR) is 59.8 cm³/mol. The van der Waals surface area contributed by atoms with Gasteiger partial charge in [0.25, 0.3) is 6.43 Å². The van der Waals surface area contributed by atoms with Gasteiger partial charge < -0.3 is 15.8 Å². The summed E-state index contributed by atoms with van der Waals surface area (Å²) in [6.45, 7) is 0.853. The van der Waals surface area contributed by atoms with E-state index in [-0.39, 0.29) is 17.2 Å². The Balaban J connectivity index is 2.99. The summed E-state index contributed by atoms with van der Waals surface area (Å²) >= 11 is 1.02. The van der Waals surface area contributed by atoms with Crippen molar-refractivity contribution in [2.45, 2.75) is 13.3 Å². The Kier molecular flexibility index (Phi) is 4.05. The zero-order valence-electron chi connectivity index (χ0n) is 8.84. The number of thiophene rings is 1. The molecular weight excluding hydrogens is 238 g/mol. The zero-order chi connectivity index (χ0) is 12.3. The Hall–Kier alpha value is -1.37. The minimum Gasteiger partial charge on any atom is -0.492 e. The van der Waals surface area contributed by atoms with E-state index < -0.39 is 13.0 Å². The maximum absolute atomic E-state index is 12.0. The normalized spacial score (nSPS) is 10.6. The lowest BCUT2D eigenvalue weighted by molar-refractivity contribution is 0.102. The van der Waals surface area contributed by atoms with Crippen molar-refractivity contribution < 1.29 is 18.3 Å². The molecule has 7 heteroatoms. The number of ether oxygens (including phenoxy) is 1. The van der Waals surface area contributed by atoms with Crippen LogP contribution in [0.1, 0.15) is 16.6 Å². The number of halogens is 2. The van der Waals surface area contributed by atoms with E-state index in [1.165, 1.54) is 14.0 Å². The Bertz CT molecular complexity index is 393. The number of nitrogens with two attached hydrogens (primary N) is 1. The SMILES string of the molecule is COc1c(NCC(F)F)sc(C(C)=O)c1N. The average Bonchev–Trinajstić information content (AvgIpc) is 2.51. The van der Waals surface area contributed by atoms with Crippen molar-refractivity contribution in [3.63, 3.8) is 0 Å². The summed E-state index contributed by atoms with van der Waals surface area (Å²) in [6.07, 6.45) is -2.48. The first-order valence-corrected chi connectivity index (χ1v) is 5.28. The highest BCUT2D eigenvalue weighted by atomic mass is 32.1. The summed E-state index contributed by atoms with van der Waals surface area (Å²) in [4.78, 5) is 11.5. The third-order valence-corrected chi connectivity index (χ3v) is 3.09. The fourth-order valence-corrected chi connectivity index (χ4v) is 2.17. The van der Waals surface area contributed by atoms with E-state index >= 15 is 0 Å². The Morgan fingerprint density at radius 3 is 2.69 bits per heavy atom. The van der Waals surface area contributed by atoms with E-state index in [1.54, 1.807) is 0 Å². The maximum atomic E-state index is 12.0. The van der Waals surface area contributed by atoms with Crippen molar-refractivity contribution in [1.29, 1.82) is 0 Å². The fraction of sp³-hybridized carbons (Fsp3) is 0.444. The molecule has 1 aromatic rings. The topological polar surface area (TPSA) is 64.3 Å². The predicted octanol–water partition coefficient (Wildman–Crippen LogP) is 2.22. The van der Waals surface area contributed by atoms with Gasteiger partial charge in [0.05, 0.1) is 24.2 Å². The monoisotopic (exact) mass is 250 g/mol. The van der Waals surface area contributed by atoms with Crippen LogP contribution in [-0.4, -0.2) is 25.9 Å². The van der Waals surface area contributed by atoms with Gasteiger partial charge >= 0.3 is 0 Å². The molecule has 0 aliphatic heterocycles. The number of ketones is 1. The molecule has 0 aromatic carbocycles. The van der Waals surface area contributed by atoms with Gasteiger partial charge in [0.15, 0.2) is 11.5 Å². The highest BCUT2D eigenvalue weighted by Crippen LogP contribution is 2.42. The third kappa shape index (κ3) is 2.60. The van der Waals surface area contributed by atoms with Gasteiger partial charge in [-0.05, 0) is 0 Å². The average molecular weight is 250 g/mol. The number of hydrogen-bond acceptors (Lipinski definition) is 5. The highest BCUT2D eigenvalue weighted by Gasteiger charge is 2.19. The van der Waals surface area contributed by atoms with E-state index in [0.29, 0.717) is 9.88 Å². The molecule has 0 unspecified atom stereocenters. The van der Waals surface area contributed by atoms with Gasteiger partial charge in [-0.2, -0.15) is 0 Å². The summed E-state index contributed by atoms with van der Waals surface area (Å²) < 4.78 is 29.0. The van der Waals surface area contributed by atoms with Crippen molar-refractivity contribution >= 4 is 27.8 Å². The van der Waals surface area contributed by atoms with Crippen LogP contribution in [0.4, 0.5) is 19.5 Å². The largest absolute Gasteiger partial charge is 0.492 e. The smallest absolute Gasteiger partial charge is 0.255 e. The van der Waals surface area contributed by atoms with Gasteiger partial charge in [-0.15, -0.1) is 11.3 Å². The van der Waals surface area contributed by atoms with Crippen LogP contribution in [0.15, 0.2) is 0 Å². The first-order chi connectivity index (χ1) is 7.47. The minimum atomic E-state index is -2.48. The highest BCUT2D eigenvalue weighted by molar-refractivity contribution is 7.19. The lowest BCUT2D eigenvalue weighted by atomic mass is 10.3. The van der Waals surface area contributed by atoms with Gasteiger partial charge in [0.2, 0.25) is 0 Å². The number of hydrogen-bond donors (Lipinski definition) is 2. The van der Waals surface area contributed by atoms with Crippen LogP contribution in [0.3, 0.4) is 0 Å². The molecule has 90 valence electrons. The number of nitrogens with one attached hydrogen (secondary N) is 1. The molecule has 0 amide bonds. The molecule has 0 aliphatic carbocycles. The van der Waals surface area contributed by atoms with E-state index in [1.807, 2.05) is 0 Å². The summed E-state index contributed by atoms with van der Waals surface area (Å²) in [6, 6.07) is 0. The first-order valence-electron chi connectivity index (χ1n) is 4.46. The molecular formula is C9H12F2N2O2S. The molecule has 16 heavy (non-hydrogen) atoms. The van der Waals surface area contributed by atoms with Crippen molar-refractivity contribution in [3.05, 3.63) is 4.88 Å². The number of alkyl halides is 2. The number of anilines is 2. The Labute approximate surface area is 95.4 Å². The van der Waals surface area contributed by atoms with Gasteiger partial charge in [0, 0.05) is 6.92 Å². The molecule has 0 saturated carbocycles. The van der Waals surface area contributed by atoms with Crippen LogP contribution in [-0.2, 0) is 0 Å². The van der Waals surface area contributed by atoms with Gasteiger partial charge in [0.1, 0.15) is 5.00 Å². The lowest BCUT2D eigenvalue weighted by Gasteiger charge is -2.05. The van der Waals surface area contributed by atoms with E-state index in [0.717, 1.165) is 11.3 Å². The maximum Gasteiger partial charge on any atom is 0.255 e. The molecule has 0 bridgehead atoms. The third-order valence-electron chi connectivity index (χ3n) is 1.84.